The van der Waals surface area contributed by atoms with Gasteiger partial charge in [-0.2, -0.15) is 11.8 Å². The third kappa shape index (κ3) is 2.89. The average Bonchev–Trinajstić information content (AvgIpc) is 2.58. The van der Waals surface area contributed by atoms with E-state index in [9.17, 15) is 0 Å². The lowest BCUT2D eigenvalue weighted by Crippen LogP contribution is -2.55. The molecule has 2 nitrogen and oxygen atoms in total. The van der Waals surface area contributed by atoms with E-state index in [4.69, 9.17) is 0 Å². The lowest BCUT2D eigenvalue weighted by Gasteiger charge is -2.40. The van der Waals surface area contributed by atoms with Gasteiger partial charge in [-0.3, -0.25) is 5.43 Å². The normalized spacial score (nSPS) is 43.4. The molecule has 88 valence electrons. The number of hydrogen-bond donors (Lipinski definition) is 1. The van der Waals surface area contributed by atoms with Crippen LogP contribution in [0.3, 0.4) is 0 Å². The van der Waals surface area contributed by atoms with E-state index in [-0.39, 0.29) is 0 Å². The predicted molar refractivity (Wildman–Crippen MR) is 68.1 cm³/mol. The monoisotopic (exact) mass is 228 g/mol. The first kappa shape index (κ1) is 11.7. The number of hydrazine groups is 1. The van der Waals surface area contributed by atoms with E-state index in [1.807, 2.05) is 0 Å². The second-order valence-corrected chi connectivity index (χ2v) is 6.71. The highest BCUT2D eigenvalue weighted by Crippen LogP contribution is 2.28. The van der Waals surface area contributed by atoms with E-state index in [1.54, 1.807) is 0 Å². The van der Waals surface area contributed by atoms with E-state index in [1.165, 1.54) is 31.4 Å². The van der Waals surface area contributed by atoms with Crippen molar-refractivity contribution in [1.82, 2.24) is 10.4 Å². The third-order valence-corrected chi connectivity index (χ3v) is 5.08. The summed E-state index contributed by atoms with van der Waals surface area (Å²) in [6.45, 7) is 7.05. The van der Waals surface area contributed by atoms with Crippen LogP contribution in [0.1, 0.15) is 46.5 Å². The molecule has 2 fully saturated rings. The molecule has 4 unspecified atom stereocenters. The number of nitrogens with zero attached hydrogens (tertiary/aromatic N) is 1. The van der Waals surface area contributed by atoms with Crippen molar-refractivity contribution in [2.45, 2.75) is 69.8 Å². The number of thioether (sulfide) groups is 1. The Morgan fingerprint density at radius 1 is 1.13 bits per heavy atom. The zero-order chi connectivity index (χ0) is 10.8. The van der Waals surface area contributed by atoms with Crippen LogP contribution in [0.2, 0.25) is 0 Å². The van der Waals surface area contributed by atoms with Gasteiger partial charge in [0.15, 0.2) is 0 Å². The summed E-state index contributed by atoms with van der Waals surface area (Å²) in [7, 11) is 0. The lowest BCUT2D eigenvalue weighted by atomic mass is 9.99. The van der Waals surface area contributed by atoms with Gasteiger partial charge in [-0.15, -0.1) is 0 Å². The molecule has 2 heterocycles. The Kier molecular flexibility index (Phi) is 3.97. The molecule has 15 heavy (non-hydrogen) atoms. The number of piperidine rings is 1. The molecule has 3 heteroatoms. The fraction of sp³-hybridized carbons (Fsp3) is 1.00. The highest BCUT2D eigenvalue weighted by atomic mass is 32.2. The summed E-state index contributed by atoms with van der Waals surface area (Å²) < 4.78 is 0. The minimum Gasteiger partial charge on any atom is -0.251 e. The van der Waals surface area contributed by atoms with Crippen molar-refractivity contribution in [2.24, 2.45) is 0 Å². The molecular formula is C12H24N2S. The summed E-state index contributed by atoms with van der Waals surface area (Å²) in [6.07, 6.45) is 5.44. The first-order chi connectivity index (χ1) is 7.16. The van der Waals surface area contributed by atoms with E-state index in [0.29, 0.717) is 6.04 Å². The van der Waals surface area contributed by atoms with Crippen molar-refractivity contribution in [3.63, 3.8) is 0 Å². The van der Waals surface area contributed by atoms with Crippen molar-refractivity contribution in [2.75, 3.05) is 5.75 Å². The second kappa shape index (κ2) is 5.07. The lowest BCUT2D eigenvalue weighted by molar-refractivity contribution is 0.0329. The molecule has 0 saturated carbocycles. The largest absolute Gasteiger partial charge is 0.251 e. The summed E-state index contributed by atoms with van der Waals surface area (Å²) >= 11 is 2.11. The summed E-state index contributed by atoms with van der Waals surface area (Å²) in [5, 5.41) is 3.37. The topological polar surface area (TPSA) is 15.3 Å². The van der Waals surface area contributed by atoms with Gasteiger partial charge in [0.05, 0.1) is 0 Å². The number of rotatable bonds is 2. The Labute approximate surface area is 98.1 Å². The molecule has 2 rings (SSSR count). The quantitative estimate of drug-likeness (QED) is 0.782. The molecule has 0 aromatic heterocycles. The SMILES string of the molecule is CC1CC(NN2C(C)CCCC2C)CS1. The van der Waals surface area contributed by atoms with Crippen LogP contribution >= 0.6 is 11.8 Å². The zero-order valence-electron chi connectivity index (χ0n) is 10.2. The summed E-state index contributed by atoms with van der Waals surface area (Å²) in [4.78, 5) is 0. The maximum absolute atomic E-state index is 3.76. The van der Waals surface area contributed by atoms with Crippen molar-refractivity contribution in [1.29, 1.82) is 0 Å². The van der Waals surface area contributed by atoms with Gasteiger partial charge in [-0.1, -0.05) is 13.3 Å². The molecule has 2 aliphatic rings. The molecule has 0 aliphatic carbocycles. The Morgan fingerprint density at radius 3 is 2.33 bits per heavy atom. The van der Waals surface area contributed by atoms with Crippen LogP contribution in [0.5, 0.6) is 0 Å². The summed E-state index contributed by atoms with van der Waals surface area (Å²) in [6, 6.07) is 2.15. The van der Waals surface area contributed by atoms with E-state index in [2.05, 4.69) is 43.0 Å². The van der Waals surface area contributed by atoms with Crippen LogP contribution in [-0.2, 0) is 0 Å². The molecule has 0 aromatic rings. The maximum atomic E-state index is 3.76. The zero-order valence-corrected chi connectivity index (χ0v) is 11.0. The smallest absolute Gasteiger partial charge is 0.0316 e. The van der Waals surface area contributed by atoms with Crippen LogP contribution in [0.4, 0.5) is 0 Å². The highest BCUT2D eigenvalue weighted by molar-refractivity contribution is 8.00. The van der Waals surface area contributed by atoms with Crippen LogP contribution in [0.15, 0.2) is 0 Å². The summed E-state index contributed by atoms with van der Waals surface area (Å²) in [5.74, 6) is 1.29. The molecule has 0 bridgehead atoms. The van der Waals surface area contributed by atoms with Crippen molar-refractivity contribution in [3.05, 3.63) is 0 Å². The standard InChI is InChI=1S/C12H24N2S/c1-9-5-4-6-10(2)14(9)13-12-7-11(3)15-8-12/h9-13H,4-8H2,1-3H3. The van der Waals surface area contributed by atoms with Gasteiger partial charge >= 0.3 is 0 Å². The molecule has 1 N–H and O–H groups in total. The highest BCUT2D eigenvalue weighted by Gasteiger charge is 2.29. The number of hydrogen-bond acceptors (Lipinski definition) is 3. The average molecular weight is 228 g/mol. The van der Waals surface area contributed by atoms with Crippen LogP contribution in [-0.4, -0.2) is 34.1 Å². The molecule has 0 spiro atoms. The van der Waals surface area contributed by atoms with Crippen molar-refractivity contribution >= 4 is 11.8 Å². The molecule has 0 radical (unpaired) electrons. The second-order valence-electron chi connectivity index (χ2n) is 5.24. The van der Waals surface area contributed by atoms with Crippen LogP contribution < -0.4 is 5.43 Å². The van der Waals surface area contributed by atoms with E-state index >= 15 is 0 Å². The van der Waals surface area contributed by atoms with E-state index < -0.39 is 0 Å². The van der Waals surface area contributed by atoms with Gasteiger partial charge in [-0.25, -0.2) is 5.01 Å². The van der Waals surface area contributed by atoms with Crippen molar-refractivity contribution in [3.8, 4) is 0 Å². The van der Waals surface area contributed by atoms with Gasteiger partial charge in [0.1, 0.15) is 0 Å². The minimum atomic E-state index is 0.716. The minimum absolute atomic E-state index is 0.716. The molecule has 2 saturated heterocycles. The molecule has 0 aromatic carbocycles. The predicted octanol–water partition coefficient (Wildman–Crippen LogP) is 2.65. The fourth-order valence-electron chi connectivity index (χ4n) is 2.79. The molecule has 2 aliphatic heterocycles. The van der Waals surface area contributed by atoms with Gasteiger partial charge < -0.3 is 0 Å². The van der Waals surface area contributed by atoms with Gasteiger partial charge in [0, 0.05) is 29.1 Å². The fourth-order valence-corrected chi connectivity index (χ4v) is 3.93. The molecule has 4 atom stereocenters. The third-order valence-electron chi connectivity index (χ3n) is 3.72. The van der Waals surface area contributed by atoms with Gasteiger partial charge in [0.2, 0.25) is 0 Å². The van der Waals surface area contributed by atoms with E-state index in [0.717, 1.165) is 17.3 Å². The van der Waals surface area contributed by atoms with Gasteiger partial charge in [0.25, 0.3) is 0 Å². The van der Waals surface area contributed by atoms with Crippen LogP contribution in [0.25, 0.3) is 0 Å². The first-order valence-corrected chi connectivity index (χ1v) is 7.38. The maximum Gasteiger partial charge on any atom is 0.0316 e. The van der Waals surface area contributed by atoms with Gasteiger partial charge in [-0.05, 0) is 33.1 Å². The Bertz CT molecular complexity index is 200. The Hall–Kier alpha value is 0.270. The first-order valence-electron chi connectivity index (χ1n) is 6.33. The van der Waals surface area contributed by atoms with Crippen molar-refractivity contribution < 1.29 is 0 Å². The Balaban J connectivity index is 1.86. The molecular weight excluding hydrogens is 204 g/mol. The molecule has 0 amide bonds. The Morgan fingerprint density at radius 2 is 1.80 bits per heavy atom. The summed E-state index contributed by atoms with van der Waals surface area (Å²) in [5.41, 5.74) is 3.76. The van der Waals surface area contributed by atoms with Crippen LogP contribution in [0, 0.1) is 0 Å². The number of nitrogens with one attached hydrogen (secondary N) is 1.